The van der Waals surface area contributed by atoms with Gasteiger partial charge in [0.1, 0.15) is 5.01 Å². The van der Waals surface area contributed by atoms with E-state index in [4.69, 9.17) is 0 Å². The van der Waals surface area contributed by atoms with Crippen LogP contribution in [0.3, 0.4) is 0 Å². The molecule has 0 unspecified atom stereocenters. The standard InChI is InChI=1S/C25H19N5OS2/c31-22(27-20-13-11-19(12-14-20)24-26-15-16-32-24)17-33-25-29-28-23(18-7-3-1-4-8-18)30(25)21-9-5-2-6-10-21/h1-16H,17H2,(H,27,31). The predicted octanol–water partition coefficient (Wildman–Crippen LogP) is 5.79. The largest absolute Gasteiger partial charge is 0.325 e. The van der Waals surface area contributed by atoms with E-state index in [0.29, 0.717) is 5.16 Å². The number of thiazole rings is 1. The molecule has 2 heterocycles. The van der Waals surface area contributed by atoms with Gasteiger partial charge < -0.3 is 5.32 Å². The number of rotatable bonds is 7. The molecule has 0 radical (unpaired) electrons. The average Bonchev–Trinajstić information content (AvgIpc) is 3.55. The number of carbonyl (C=O) groups excluding carboxylic acids is 1. The Morgan fingerprint density at radius 3 is 2.30 bits per heavy atom. The normalized spacial score (nSPS) is 10.8. The Labute approximate surface area is 199 Å². The van der Waals surface area contributed by atoms with Crippen LogP contribution in [0.4, 0.5) is 5.69 Å². The number of para-hydroxylation sites is 1. The van der Waals surface area contributed by atoms with Crippen LogP contribution in [-0.4, -0.2) is 31.4 Å². The lowest BCUT2D eigenvalue weighted by Gasteiger charge is -2.10. The van der Waals surface area contributed by atoms with Crippen molar-refractivity contribution in [2.24, 2.45) is 0 Å². The monoisotopic (exact) mass is 469 g/mol. The number of thioether (sulfide) groups is 1. The van der Waals surface area contributed by atoms with Crippen LogP contribution in [0.2, 0.25) is 0 Å². The number of hydrogen-bond donors (Lipinski definition) is 1. The van der Waals surface area contributed by atoms with Gasteiger partial charge in [-0.15, -0.1) is 21.5 Å². The lowest BCUT2D eigenvalue weighted by Crippen LogP contribution is -2.14. The molecule has 33 heavy (non-hydrogen) atoms. The molecule has 5 aromatic rings. The summed E-state index contributed by atoms with van der Waals surface area (Å²) in [6.07, 6.45) is 1.78. The number of anilines is 1. The minimum atomic E-state index is -0.106. The summed E-state index contributed by atoms with van der Waals surface area (Å²) < 4.78 is 1.98. The van der Waals surface area contributed by atoms with Crippen molar-refractivity contribution in [3.63, 3.8) is 0 Å². The predicted molar refractivity (Wildman–Crippen MR) is 134 cm³/mol. The van der Waals surface area contributed by atoms with Crippen molar-refractivity contribution in [2.45, 2.75) is 5.16 Å². The van der Waals surface area contributed by atoms with Crippen LogP contribution >= 0.6 is 23.1 Å². The number of nitrogens with zero attached hydrogens (tertiary/aromatic N) is 4. The topological polar surface area (TPSA) is 72.7 Å². The van der Waals surface area contributed by atoms with Crippen molar-refractivity contribution in [3.05, 3.63) is 96.5 Å². The molecule has 0 bridgehead atoms. The summed E-state index contributed by atoms with van der Waals surface area (Å²) in [7, 11) is 0. The molecule has 1 amide bonds. The highest BCUT2D eigenvalue weighted by atomic mass is 32.2. The molecule has 6 nitrogen and oxygen atoms in total. The SMILES string of the molecule is O=C(CSc1nnc(-c2ccccc2)n1-c1ccccc1)Nc1ccc(-c2nccs2)cc1. The molecule has 1 N–H and O–H groups in total. The number of amides is 1. The summed E-state index contributed by atoms with van der Waals surface area (Å²) in [6.45, 7) is 0. The van der Waals surface area contributed by atoms with Crippen LogP contribution in [0.5, 0.6) is 0 Å². The van der Waals surface area contributed by atoms with Gasteiger partial charge in [0.2, 0.25) is 5.91 Å². The van der Waals surface area contributed by atoms with E-state index in [0.717, 1.165) is 33.3 Å². The van der Waals surface area contributed by atoms with Crippen LogP contribution in [-0.2, 0) is 4.79 Å². The molecule has 2 aromatic heterocycles. The Balaban J connectivity index is 1.31. The maximum Gasteiger partial charge on any atom is 0.234 e. The quantitative estimate of drug-likeness (QED) is 0.306. The first-order valence-corrected chi connectivity index (χ1v) is 12.1. The first kappa shape index (κ1) is 21.1. The third-order valence-corrected chi connectivity index (χ3v) is 6.61. The Bertz CT molecular complexity index is 1340. The Hall–Kier alpha value is -3.75. The molecule has 0 saturated heterocycles. The molecule has 0 aliphatic rings. The number of carbonyl (C=O) groups is 1. The molecule has 0 fully saturated rings. The highest BCUT2D eigenvalue weighted by Gasteiger charge is 2.17. The van der Waals surface area contributed by atoms with Gasteiger partial charge in [-0.05, 0) is 36.4 Å². The fraction of sp³-hybridized carbons (Fsp3) is 0.0400. The molecule has 5 rings (SSSR count). The second-order valence-corrected chi connectivity index (χ2v) is 8.93. The summed E-state index contributed by atoms with van der Waals surface area (Å²) in [5, 5.41) is 15.3. The molecule has 0 aliphatic heterocycles. The van der Waals surface area contributed by atoms with Gasteiger partial charge in [0, 0.05) is 34.1 Å². The highest BCUT2D eigenvalue weighted by molar-refractivity contribution is 7.99. The number of hydrogen-bond acceptors (Lipinski definition) is 6. The molecule has 3 aromatic carbocycles. The number of aromatic nitrogens is 4. The van der Waals surface area contributed by atoms with Gasteiger partial charge in [-0.3, -0.25) is 9.36 Å². The van der Waals surface area contributed by atoms with Gasteiger partial charge in [-0.2, -0.15) is 0 Å². The Morgan fingerprint density at radius 1 is 0.879 bits per heavy atom. The third-order valence-electron chi connectivity index (χ3n) is 4.86. The molecule has 0 atom stereocenters. The second kappa shape index (κ2) is 9.81. The molecule has 0 saturated carbocycles. The fourth-order valence-corrected chi connectivity index (χ4v) is 4.73. The van der Waals surface area contributed by atoms with Gasteiger partial charge in [0.25, 0.3) is 0 Å². The van der Waals surface area contributed by atoms with Gasteiger partial charge in [-0.25, -0.2) is 4.98 Å². The van der Waals surface area contributed by atoms with Crippen LogP contribution in [0.15, 0.2) is 102 Å². The van der Waals surface area contributed by atoms with Gasteiger partial charge in [-0.1, -0.05) is 60.3 Å². The average molecular weight is 470 g/mol. The van der Waals surface area contributed by atoms with E-state index in [2.05, 4.69) is 20.5 Å². The zero-order chi connectivity index (χ0) is 22.5. The zero-order valence-electron chi connectivity index (χ0n) is 17.5. The van der Waals surface area contributed by atoms with E-state index < -0.39 is 0 Å². The van der Waals surface area contributed by atoms with Crippen molar-refractivity contribution >= 4 is 34.7 Å². The van der Waals surface area contributed by atoms with Crippen LogP contribution in [0.25, 0.3) is 27.6 Å². The van der Waals surface area contributed by atoms with Gasteiger partial charge in [0.15, 0.2) is 11.0 Å². The molecule has 0 spiro atoms. The van der Waals surface area contributed by atoms with Gasteiger partial charge in [0.05, 0.1) is 5.75 Å². The van der Waals surface area contributed by atoms with Crippen LogP contribution in [0.1, 0.15) is 0 Å². The van der Waals surface area contributed by atoms with Crippen molar-refractivity contribution < 1.29 is 4.79 Å². The summed E-state index contributed by atoms with van der Waals surface area (Å²) in [5.41, 5.74) is 3.68. The van der Waals surface area contributed by atoms with Crippen LogP contribution < -0.4 is 5.32 Å². The fourth-order valence-electron chi connectivity index (χ4n) is 3.34. The molecule has 8 heteroatoms. The molecule has 0 aliphatic carbocycles. The van der Waals surface area contributed by atoms with E-state index in [1.165, 1.54) is 11.8 Å². The second-order valence-electron chi connectivity index (χ2n) is 7.09. The highest BCUT2D eigenvalue weighted by Crippen LogP contribution is 2.28. The van der Waals surface area contributed by atoms with Crippen molar-refractivity contribution in [1.82, 2.24) is 19.7 Å². The Morgan fingerprint density at radius 2 is 1.61 bits per heavy atom. The lowest BCUT2D eigenvalue weighted by atomic mass is 10.2. The molecular weight excluding hydrogens is 450 g/mol. The number of benzene rings is 3. The molecular formula is C25H19N5OS2. The minimum Gasteiger partial charge on any atom is -0.325 e. The molecule has 162 valence electrons. The summed E-state index contributed by atoms with van der Waals surface area (Å²) in [5.74, 6) is 0.849. The van der Waals surface area contributed by atoms with Crippen molar-refractivity contribution in [2.75, 3.05) is 11.1 Å². The zero-order valence-corrected chi connectivity index (χ0v) is 19.1. The first-order valence-electron chi connectivity index (χ1n) is 10.3. The van der Waals surface area contributed by atoms with Crippen LogP contribution in [0, 0.1) is 0 Å². The maximum atomic E-state index is 12.6. The van der Waals surface area contributed by atoms with Crippen molar-refractivity contribution in [1.29, 1.82) is 0 Å². The van der Waals surface area contributed by atoms with Gasteiger partial charge >= 0.3 is 0 Å². The number of nitrogens with one attached hydrogen (secondary N) is 1. The summed E-state index contributed by atoms with van der Waals surface area (Å²) in [4.78, 5) is 16.9. The smallest absolute Gasteiger partial charge is 0.234 e. The van der Waals surface area contributed by atoms with E-state index in [9.17, 15) is 4.79 Å². The summed E-state index contributed by atoms with van der Waals surface area (Å²) in [6, 6.07) is 27.5. The first-order chi connectivity index (χ1) is 16.3. The van der Waals surface area contributed by atoms with Crippen molar-refractivity contribution in [3.8, 4) is 27.6 Å². The van der Waals surface area contributed by atoms with E-state index in [1.807, 2.05) is 94.9 Å². The van der Waals surface area contributed by atoms with E-state index in [1.54, 1.807) is 17.5 Å². The van der Waals surface area contributed by atoms with E-state index in [-0.39, 0.29) is 11.7 Å². The summed E-state index contributed by atoms with van der Waals surface area (Å²) >= 11 is 2.94. The minimum absolute atomic E-state index is 0.106. The maximum absolute atomic E-state index is 12.6. The third kappa shape index (κ3) is 4.87. The Kier molecular flexibility index (Phi) is 6.27. The van der Waals surface area contributed by atoms with E-state index >= 15 is 0 Å². The lowest BCUT2D eigenvalue weighted by molar-refractivity contribution is -0.113.